The first-order chi connectivity index (χ1) is 7.76. The normalized spacial score (nSPS) is 30.6. The topological polar surface area (TPSA) is 40.5 Å². The quantitative estimate of drug-likeness (QED) is 0.657. The molecule has 1 fully saturated rings. The largest absolute Gasteiger partial charge is 0.396 e. The van der Waals surface area contributed by atoms with Gasteiger partial charge in [0.25, 0.3) is 0 Å². The average molecular weight is 228 g/mol. The molecule has 1 aliphatic carbocycles. The summed E-state index contributed by atoms with van der Waals surface area (Å²) < 4.78 is 0. The predicted molar refractivity (Wildman–Crippen MR) is 67.3 cm³/mol. The fourth-order valence-electron chi connectivity index (χ4n) is 2.89. The van der Waals surface area contributed by atoms with Crippen LogP contribution in [0.5, 0.6) is 0 Å². The maximum atomic E-state index is 9.59. The van der Waals surface area contributed by atoms with Gasteiger partial charge in [0.1, 0.15) is 0 Å². The Morgan fingerprint density at radius 3 is 2.25 bits per heavy atom. The zero-order valence-electron chi connectivity index (χ0n) is 10.7. The van der Waals surface area contributed by atoms with Crippen molar-refractivity contribution in [2.24, 2.45) is 11.3 Å². The lowest BCUT2D eigenvalue weighted by molar-refractivity contribution is 0.0405. The first-order valence-corrected chi connectivity index (χ1v) is 6.98. The molecule has 0 unspecified atom stereocenters. The van der Waals surface area contributed by atoms with Crippen LogP contribution in [-0.2, 0) is 0 Å². The zero-order chi connectivity index (χ0) is 11.9. The number of aliphatic hydroxyl groups is 2. The molecule has 0 bridgehead atoms. The highest BCUT2D eigenvalue weighted by molar-refractivity contribution is 4.85. The van der Waals surface area contributed by atoms with E-state index in [0.29, 0.717) is 19.1 Å². The van der Waals surface area contributed by atoms with Gasteiger partial charge in [0.05, 0.1) is 0 Å². The van der Waals surface area contributed by atoms with Gasteiger partial charge in [0.15, 0.2) is 0 Å². The number of rotatable bonds is 7. The Morgan fingerprint density at radius 1 is 1.06 bits per heavy atom. The van der Waals surface area contributed by atoms with Crippen molar-refractivity contribution in [3.8, 4) is 0 Å². The lowest BCUT2D eigenvalue weighted by Crippen LogP contribution is -2.32. The van der Waals surface area contributed by atoms with Crippen LogP contribution in [0.1, 0.15) is 64.7 Å². The van der Waals surface area contributed by atoms with E-state index in [1.54, 1.807) is 0 Å². The molecule has 0 aromatic carbocycles. The molecule has 0 saturated heterocycles. The fraction of sp³-hybridized carbons (Fsp3) is 1.00. The highest BCUT2D eigenvalue weighted by Crippen LogP contribution is 2.42. The summed E-state index contributed by atoms with van der Waals surface area (Å²) in [6, 6.07) is 0. The van der Waals surface area contributed by atoms with E-state index in [2.05, 4.69) is 6.92 Å². The van der Waals surface area contributed by atoms with Crippen molar-refractivity contribution in [3.63, 3.8) is 0 Å². The van der Waals surface area contributed by atoms with Gasteiger partial charge in [0, 0.05) is 13.2 Å². The Labute approximate surface area is 100 Å². The Hall–Kier alpha value is -0.0800. The monoisotopic (exact) mass is 228 g/mol. The average Bonchev–Trinajstić information content (AvgIpc) is 2.35. The third-order valence-corrected chi connectivity index (χ3v) is 4.32. The molecule has 0 spiro atoms. The van der Waals surface area contributed by atoms with Gasteiger partial charge >= 0.3 is 0 Å². The van der Waals surface area contributed by atoms with Crippen LogP contribution in [-0.4, -0.2) is 23.4 Å². The third-order valence-electron chi connectivity index (χ3n) is 4.32. The highest BCUT2D eigenvalue weighted by Gasteiger charge is 2.33. The van der Waals surface area contributed by atoms with Crippen LogP contribution in [0.25, 0.3) is 0 Å². The van der Waals surface area contributed by atoms with Crippen molar-refractivity contribution >= 4 is 0 Å². The van der Waals surface area contributed by atoms with Crippen LogP contribution >= 0.6 is 0 Å². The fourth-order valence-corrected chi connectivity index (χ4v) is 2.89. The molecule has 16 heavy (non-hydrogen) atoms. The predicted octanol–water partition coefficient (Wildman–Crippen LogP) is 3.12. The molecule has 0 amide bonds. The van der Waals surface area contributed by atoms with Gasteiger partial charge < -0.3 is 10.2 Å². The molecule has 0 aromatic heterocycles. The van der Waals surface area contributed by atoms with Crippen LogP contribution in [0.15, 0.2) is 0 Å². The van der Waals surface area contributed by atoms with E-state index < -0.39 is 0 Å². The van der Waals surface area contributed by atoms with Crippen LogP contribution in [0.2, 0.25) is 0 Å². The second kappa shape index (κ2) is 7.29. The van der Waals surface area contributed by atoms with Crippen LogP contribution < -0.4 is 0 Å². The molecule has 0 aromatic rings. The second-order valence-electron chi connectivity index (χ2n) is 5.59. The molecule has 0 aliphatic heterocycles. The van der Waals surface area contributed by atoms with Gasteiger partial charge in [-0.15, -0.1) is 0 Å². The number of unbranched alkanes of at least 4 members (excludes halogenated alkanes) is 3. The number of aliphatic hydroxyl groups excluding tert-OH is 2. The molecule has 1 saturated carbocycles. The van der Waals surface area contributed by atoms with E-state index in [1.165, 1.54) is 32.1 Å². The van der Waals surface area contributed by atoms with Crippen LogP contribution in [0.4, 0.5) is 0 Å². The number of hydrogen-bond donors (Lipinski definition) is 2. The van der Waals surface area contributed by atoms with E-state index in [9.17, 15) is 5.11 Å². The lowest BCUT2D eigenvalue weighted by Gasteiger charge is -2.38. The van der Waals surface area contributed by atoms with Gasteiger partial charge in [-0.2, -0.15) is 0 Å². The molecule has 1 rings (SSSR count). The van der Waals surface area contributed by atoms with E-state index in [-0.39, 0.29) is 5.41 Å². The maximum absolute atomic E-state index is 9.59. The second-order valence-corrected chi connectivity index (χ2v) is 5.59. The van der Waals surface area contributed by atoms with Crippen LogP contribution in [0, 0.1) is 11.3 Å². The molecule has 96 valence electrons. The molecule has 0 heterocycles. The minimum atomic E-state index is 0.194. The van der Waals surface area contributed by atoms with Gasteiger partial charge in [0.2, 0.25) is 0 Å². The first kappa shape index (κ1) is 14.0. The van der Waals surface area contributed by atoms with E-state index >= 15 is 0 Å². The van der Waals surface area contributed by atoms with Gasteiger partial charge in [-0.1, -0.05) is 32.6 Å². The molecule has 0 radical (unpaired) electrons. The smallest absolute Gasteiger partial charge is 0.0487 e. The minimum Gasteiger partial charge on any atom is -0.396 e. The number of hydrogen-bond acceptors (Lipinski definition) is 2. The molecule has 0 atom stereocenters. The van der Waals surface area contributed by atoms with E-state index in [1.807, 2.05) is 0 Å². The highest BCUT2D eigenvalue weighted by atomic mass is 16.3. The summed E-state index contributed by atoms with van der Waals surface area (Å²) in [7, 11) is 0. The standard InChI is InChI=1S/C14H28O2/c1-2-3-4-5-8-14(12-16)9-6-13(11-15)7-10-14/h13,15-16H,2-12H2,1H3. The summed E-state index contributed by atoms with van der Waals surface area (Å²) in [5.41, 5.74) is 0.194. The Kier molecular flexibility index (Phi) is 6.37. The molecule has 2 N–H and O–H groups in total. The Morgan fingerprint density at radius 2 is 1.75 bits per heavy atom. The zero-order valence-corrected chi connectivity index (χ0v) is 10.7. The third kappa shape index (κ3) is 4.06. The van der Waals surface area contributed by atoms with Crippen molar-refractivity contribution in [1.29, 1.82) is 0 Å². The Bertz CT molecular complexity index is 172. The van der Waals surface area contributed by atoms with Crippen molar-refractivity contribution in [1.82, 2.24) is 0 Å². The minimum absolute atomic E-state index is 0.194. The summed E-state index contributed by atoms with van der Waals surface area (Å²) >= 11 is 0. The summed E-state index contributed by atoms with van der Waals surface area (Å²) in [4.78, 5) is 0. The Balaban J connectivity index is 2.28. The summed E-state index contributed by atoms with van der Waals surface area (Å²) in [6.45, 7) is 2.91. The first-order valence-electron chi connectivity index (χ1n) is 6.98. The van der Waals surface area contributed by atoms with Gasteiger partial charge in [-0.3, -0.25) is 0 Å². The summed E-state index contributed by atoms with van der Waals surface area (Å²) in [5.74, 6) is 0.496. The molecular weight excluding hydrogens is 200 g/mol. The van der Waals surface area contributed by atoms with Crippen LogP contribution in [0.3, 0.4) is 0 Å². The SMILES string of the molecule is CCCCCCC1(CO)CCC(CO)CC1. The van der Waals surface area contributed by atoms with E-state index in [4.69, 9.17) is 5.11 Å². The van der Waals surface area contributed by atoms with Crippen molar-refractivity contribution < 1.29 is 10.2 Å². The molecule has 2 nitrogen and oxygen atoms in total. The van der Waals surface area contributed by atoms with Crippen molar-refractivity contribution in [2.45, 2.75) is 64.7 Å². The summed E-state index contributed by atoms with van der Waals surface area (Å²) in [6.07, 6.45) is 10.8. The maximum Gasteiger partial charge on any atom is 0.0487 e. The van der Waals surface area contributed by atoms with E-state index in [0.717, 1.165) is 25.7 Å². The van der Waals surface area contributed by atoms with Gasteiger partial charge in [-0.25, -0.2) is 0 Å². The lowest BCUT2D eigenvalue weighted by atomic mass is 9.68. The molecule has 1 aliphatic rings. The van der Waals surface area contributed by atoms with Crippen molar-refractivity contribution in [2.75, 3.05) is 13.2 Å². The van der Waals surface area contributed by atoms with Gasteiger partial charge in [-0.05, 0) is 43.4 Å². The molecule has 2 heteroatoms. The van der Waals surface area contributed by atoms with Crippen molar-refractivity contribution in [3.05, 3.63) is 0 Å². The molecular formula is C14H28O2. The summed E-state index contributed by atoms with van der Waals surface area (Å²) in [5, 5.41) is 18.7.